The fourth-order valence-corrected chi connectivity index (χ4v) is 5.22. The molecule has 0 aliphatic rings. The van der Waals surface area contributed by atoms with Gasteiger partial charge in [0.05, 0.1) is 11.9 Å². The van der Waals surface area contributed by atoms with E-state index in [4.69, 9.17) is 0 Å². The molecule has 0 aliphatic carbocycles. The molecule has 0 aromatic heterocycles. The molecule has 1 N–H and O–H groups in total. The van der Waals surface area contributed by atoms with Crippen LogP contribution in [0.1, 0.15) is 56.2 Å². The van der Waals surface area contributed by atoms with Crippen molar-refractivity contribution in [2.24, 2.45) is 0 Å². The van der Waals surface area contributed by atoms with E-state index in [9.17, 15) is 18.0 Å². The molecule has 0 saturated heterocycles. The first-order chi connectivity index (χ1) is 16.9. The molecule has 36 heavy (non-hydrogen) atoms. The highest BCUT2D eigenvalue weighted by Crippen LogP contribution is 2.22. The highest BCUT2D eigenvalue weighted by Gasteiger charge is 2.26. The number of amides is 2. The summed E-state index contributed by atoms with van der Waals surface area (Å²) in [5.74, 6) is -0.383. The van der Waals surface area contributed by atoms with E-state index in [0.717, 1.165) is 34.0 Å². The van der Waals surface area contributed by atoms with Crippen molar-refractivity contribution < 1.29 is 18.0 Å². The molecule has 2 amide bonds. The molecule has 9 heteroatoms. The fourth-order valence-electron chi connectivity index (χ4n) is 4.00. The van der Waals surface area contributed by atoms with E-state index in [1.54, 1.807) is 11.8 Å². The molecule has 2 rings (SSSR count). The third kappa shape index (κ3) is 9.24. The Hall–Kier alpha value is -2.39. The van der Waals surface area contributed by atoms with E-state index in [1.807, 2.05) is 56.3 Å². The van der Waals surface area contributed by atoms with Gasteiger partial charge in [0.1, 0.15) is 6.04 Å². The lowest BCUT2D eigenvalue weighted by Gasteiger charge is -2.29. The van der Waals surface area contributed by atoms with Gasteiger partial charge in [0, 0.05) is 30.5 Å². The van der Waals surface area contributed by atoms with Crippen LogP contribution >= 0.6 is 15.9 Å². The van der Waals surface area contributed by atoms with Crippen molar-refractivity contribution in [1.29, 1.82) is 0 Å². The smallest absolute Gasteiger partial charge is 0.242 e. The van der Waals surface area contributed by atoms with Crippen molar-refractivity contribution in [3.8, 4) is 0 Å². The third-order valence-corrected chi connectivity index (χ3v) is 7.63. The molecule has 0 aliphatic heterocycles. The van der Waals surface area contributed by atoms with Crippen LogP contribution in [-0.2, 0) is 26.2 Å². The molecule has 0 saturated carbocycles. The lowest BCUT2D eigenvalue weighted by Crippen LogP contribution is -2.48. The molecule has 198 valence electrons. The number of anilines is 1. The van der Waals surface area contributed by atoms with Crippen LogP contribution in [0.2, 0.25) is 0 Å². The Morgan fingerprint density at radius 2 is 1.64 bits per heavy atom. The number of hydrogen-bond donors (Lipinski definition) is 1. The Labute approximate surface area is 224 Å². The monoisotopic (exact) mass is 579 g/mol. The number of unbranched alkanes of at least 4 members (excludes halogenated alkanes) is 1. The van der Waals surface area contributed by atoms with Crippen LogP contribution < -0.4 is 9.62 Å². The Balaban J connectivity index is 2.16. The second-order valence-corrected chi connectivity index (χ2v) is 12.1. The molecule has 1 atom stereocenters. The lowest BCUT2D eigenvalue weighted by atomic mass is 10.1. The van der Waals surface area contributed by atoms with E-state index >= 15 is 0 Å². The molecule has 0 spiro atoms. The molecule has 0 bridgehead atoms. The minimum absolute atomic E-state index is 0.125. The van der Waals surface area contributed by atoms with Gasteiger partial charge in [0.2, 0.25) is 21.8 Å². The quantitative estimate of drug-likeness (QED) is 0.340. The summed E-state index contributed by atoms with van der Waals surface area (Å²) in [6.07, 6.45) is 3.47. The van der Waals surface area contributed by atoms with Gasteiger partial charge in [-0.2, -0.15) is 0 Å². The molecular weight excluding hydrogens is 542 g/mol. The van der Waals surface area contributed by atoms with Crippen LogP contribution in [0.5, 0.6) is 0 Å². The molecular formula is C27H38BrN3O4S. The van der Waals surface area contributed by atoms with Gasteiger partial charge >= 0.3 is 0 Å². The third-order valence-electron chi connectivity index (χ3n) is 5.91. The lowest BCUT2D eigenvalue weighted by molar-refractivity contribution is -0.140. The zero-order valence-electron chi connectivity index (χ0n) is 21.9. The standard InChI is InChI=1S/C27H38BrN3O4S/c1-6-7-14-29-27(33)22(4)30(19-23-10-12-24(28)13-11-23)26(32)9-8-15-31(36(5,34)35)25-17-20(2)16-21(3)18-25/h10-13,16-18,22H,6-9,14-15,19H2,1-5H3,(H,29,33)/t22-/m0/s1. The van der Waals surface area contributed by atoms with Gasteiger partial charge in [-0.25, -0.2) is 8.42 Å². The van der Waals surface area contributed by atoms with Crippen LogP contribution in [-0.4, -0.2) is 50.5 Å². The van der Waals surface area contributed by atoms with Gasteiger partial charge in [-0.3, -0.25) is 13.9 Å². The first-order valence-corrected chi connectivity index (χ1v) is 14.9. The fraction of sp³-hybridized carbons (Fsp3) is 0.481. The number of halogens is 1. The van der Waals surface area contributed by atoms with Gasteiger partial charge in [0.25, 0.3) is 0 Å². The number of hydrogen-bond acceptors (Lipinski definition) is 4. The predicted molar refractivity (Wildman–Crippen MR) is 149 cm³/mol. The van der Waals surface area contributed by atoms with Gasteiger partial charge in [-0.05, 0) is 74.6 Å². The number of rotatable bonds is 13. The Morgan fingerprint density at radius 1 is 1.03 bits per heavy atom. The van der Waals surface area contributed by atoms with Crippen LogP contribution in [0.4, 0.5) is 5.69 Å². The predicted octanol–water partition coefficient (Wildman–Crippen LogP) is 4.95. The number of aryl methyl sites for hydroxylation is 2. The first kappa shape index (κ1) is 29.8. The average molecular weight is 581 g/mol. The van der Waals surface area contributed by atoms with Crippen LogP contribution in [0.15, 0.2) is 46.9 Å². The second kappa shape index (κ2) is 13.8. The normalized spacial score (nSPS) is 12.2. The maximum Gasteiger partial charge on any atom is 0.242 e. The van der Waals surface area contributed by atoms with Gasteiger partial charge in [0.15, 0.2) is 0 Å². The minimum Gasteiger partial charge on any atom is -0.354 e. The maximum absolute atomic E-state index is 13.3. The van der Waals surface area contributed by atoms with Crippen molar-refractivity contribution >= 4 is 43.5 Å². The van der Waals surface area contributed by atoms with Crippen LogP contribution in [0, 0.1) is 13.8 Å². The Bertz CT molecular complexity index is 1120. The number of carbonyl (C=O) groups is 2. The maximum atomic E-state index is 13.3. The SMILES string of the molecule is CCCCNC(=O)[C@H](C)N(Cc1ccc(Br)cc1)C(=O)CCCN(c1cc(C)cc(C)c1)S(C)(=O)=O. The first-order valence-electron chi connectivity index (χ1n) is 12.3. The largest absolute Gasteiger partial charge is 0.354 e. The van der Waals surface area contributed by atoms with E-state index in [2.05, 4.69) is 28.2 Å². The van der Waals surface area contributed by atoms with E-state index in [0.29, 0.717) is 25.2 Å². The molecule has 0 fully saturated rings. The summed E-state index contributed by atoms with van der Waals surface area (Å²) in [7, 11) is -3.53. The topological polar surface area (TPSA) is 86.8 Å². The number of carbonyl (C=O) groups excluding carboxylic acids is 2. The van der Waals surface area contributed by atoms with Gasteiger partial charge in [-0.15, -0.1) is 0 Å². The van der Waals surface area contributed by atoms with E-state index in [-0.39, 0.29) is 24.8 Å². The highest BCUT2D eigenvalue weighted by molar-refractivity contribution is 9.10. The number of nitrogens with one attached hydrogen (secondary N) is 1. The van der Waals surface area contributed by atoms with Crippen molar-refractivity contribution in [2.45, 2.75) is 66.0 Å². The van der Waals surface area contributed by atoms with E-state index < -0.39 is 16.1 Å². The summed E-state index contributed by atoms with van der Waals surface area (Å²) in [6, 6.07) is 12.6. The summed E-state index contributed by atoms with van der Waals surface area (Å²) in [5.41, 5.74) is 3.45. The van der Waals surface area contributed by atoms with Crippen molar-refractivity contribution in [2.75, 3.05) is 23.7 Å². The molecule has 0 unspecified atom stereocenters. The van der Waals surface area contributed by atoms with Crippen molar-refractivity contribution in [3.05, 3.63) is 63.6 Å². The van der Waals surface area contributed by atoms with Crippen LogP contribution in [0.3, 0.4) is 0 Å². The van der Waals surface area contributed by atoms with Crippen molar-refractivity contribution in [3.63, 3.8) is 0 Å². The average Bonchev–Trinajstić information content (AvgIpc) is 2.79. The summed E-state index contributed by atoms with van der Waals surface area (Å²) in [4.78, 5) is 27.7. The number of nitrogens with zero attached hydrogens (tertiary/aromatic N) is 2. The van der Waals surface area contributed by atoms with Gasteiger partial charge < -0.3 is 10.2 Å². The number of sulfonamides is 1. The summed E-state index contributed by atoms with van der Waals surface area (Å²) in [6.45, 7) is 8.67. The molecule has 7 nitrogen and oxygen atoms in total. The minimum atomic E-state index is -3.53. The van der Waals surface area contributed by atoms with Gasteiger partial charge in [-0.1, -0.05) is 47.5 Å². The summed E-state index contributed by atoms with van der Waals surface area (Å²) >= 11 is 3.42. The molecule has 0 heterocycles. The Kier molecular flexibility index (Phi) is 11.4. The second-order valence-electron chi connectivity index (χ2n) is 9.25. The van der Waals surface area contributed by atoms with Crippen molar-refractivity contribution in [1.82, 2.24) is 10.2 Å². The highest BCUT2D eigenvalue weighted by atomic mass is 79.9. The zero-order valence-corrected chi connectivity index (χ0v) is 24.3. The molecule has 0 radical (unpaired) electrons. The molecule has 2 aromatic carbocycles. The van der Waals surface area contributed by atoms with Crippen LogP contribution in [0.25, 0.3) is 0 Å². The number of benzene rings is 2. The molecule has 2 aromatic rings. The zero-order chi connectivity index (χ0) is 26.9. The summed E-state index contributed by atoms with van der Waals surface area (Å²) in [5, 5.41) is 2.91. The summed E-state index contributed by atoms with van der Waals surface area (Å²) < 4.78 is 27.3. The van der Waals surface area contributed by atoms with E-state index in [1.165, 1.54) is 10.6 Å². The Morgan fingerprint density at radius 3 is 2.19 bits per heavy atom.